The molecule has 0 N–H and O–H groups in total. The van der Waals surface area contributed by atoms with Crippen molar-refractivity contribution in [3.63, 3.8) is 0 Å². The van der Waals surface area contributed by atoms with Crippen LogP contribution in [-0.4, -0.2) is 34.1 Å². The van der Waals surface area contributed by atoms with Gasteiger partial charge in [0, 0.05) is 25.4 Å². The van der Waals surface area contributed by atoms with Crippen LogP contribution in [-0.2, 0) is 13.0 Å². The Morgan fingerprint density at radius 3 is 2.03 bits per heavy atom. The molecule has 30 heavy (non-hydrogen) atoms. The quantitative estimate of drug-likeness (QED) is 0.229. The van der Waals surface area contributed by atoms with Gasteiger partial charge in [0.05, 0.1) is 0 Å². The predicted octanol–water partition coefficient (Wildman–Crippen LogP) is 7.64. The minimum Gasteiger partial charge on any atom is -0.335 e. The van der Waals surface area contributed by atoms with E-state index in [9.17, 15) is 0 Å². The van der Waals surface area contributed by atoms with E-state index in [-0.39, 0.29) is 0 Å². The normalized spacial score (nSPS) is 15.8. The molecular weight excluding hydrogens is 366 g/mol. The zero-order valence-corrected chi connectivity index (χ0v) is 20.4. The summed E-state index contributed by atoms with van der Waals surface area (Å²) in [5.41, 5.74) is 0. The molecule has 1 aromatic heterocycles. The minimum absolute atomic E-state index is 0.917. The Labute approximate surface area is 188 Å². The second-order valence-corrected chi connectivity index (χ2v) is 9.75. The summed E-state index contributed by atoms with van der Waals surface area (Å²) in [6, 6.07) is 0. The molecule has 1 fully saturated rings. The fourth-order valence-corrected chi connectivity index (χ4v) is 4.95. The van der Waals surface area contributed by atoms with Crippen molar-refractivity contribution < 1.29 is 0 Å². The molecular formula is C27H51N3. The number of rotatable bonds is 18. The first kappa shape index (κ1) is 25.4. The third-order valence-electron chi connectivity index (χ3n) is 7.12. The highest BCUT2D eigenvalue weighted by Gasteiger charge is 2.19. The van der Waals surface area contributed by atoms with Gasteiger partial charge in [-0.2, -0.15) is 0 Å². The van der Waals surface area contributed by atoms with Gasteiger partial charge in [0.2, 0.25) is 0 Å². The third-order valence-corrected chi connectivity index (χ3v) is 7.12. The Hall–Kier alpha value is -0.830. The summed E-state index contributed by atoms with van der Waals surface area (Å²) in [6.45, 7) is 9.75. The zero-order chi connectivity index (χ0) is 21.3. The monoisotopic (exact) mass is 417 g/mol. The van der Waals surface area contributed by atoms with E-state index in [0.717, 1.165) is 5.92 Å². The minimum atomic E-state index is 0.917. The van der Waals surface area contributed by atoms with E-state index < -0.39 is 0 Å². The molecule has 1 aromatic rings. The van der Waals surface area contributed by atoms with Crippen LogP contribution in [0.2, 0.25) is 0 Å². The lowest BCUT2D eigenvalue weighted by molar-refractivity contribution is 0.173. The van der Waals surface area contributed by atoms with Gasteiger partial charge in [0.1, 0.15) is 5.82 Å². The number of likely N-dealkylation sites (tertiary alicyclic amines) is 1. The molecule has 0 atom stereocenters. The topological polar surface area (TPSA) is 21.1 Å². The van der Waals surface area contributed by atoms with Crippen molar-refractivity contribution >= 4 is 0 Å². The maximum atomic E-state index is 4.66. The molecule has 2 heterocycles. The Morgan fingerprint density at radius 1 is 0.767 bits per heavy atom. The highest BCUT2D eigenvalue weighted by Crippen LogP contribution is 2.22. The zero-order valence-electron chi connectivity index (χ0n) is 20.4. The smallest absolute Gasteiger partial charge is 0.108 e. The van der Waals surface area contributed by atoms with Crippen LogP contribution in [0.15, 0.2) is 12.4 Å². The molecule has 0 bridgehead atoms. The summed E-state index contributed by atoms with van der Waals surface area (Å²) in [7, 11) is 0. The van der Waals surface area contributed by atoms with Gasteiger partial charge in [-0.1, -0.05) is 84.5 Å². The molecule has 0 aliphatic carbocycles. The summed E-state index contributed by atoms with van der Waals surface area (Å²) in [6.07, 6.45) is 27.7. The summed E-state index contributed by atoms with van der Waals surface area (Å²) in [4.78, 5) is 7.37. The first-order valence-corrected chi connectivity index (χ1v) is 13.6. The maximum absolute atomic E-state index is 4.66. The van der Waals surface area contributed by atoms with Crippen LogP contribution in [0, 0.1) is 5.92 Å². The van der Waals surface area contributed by atoms with Crippen molar-refractivity contribution in [2.45, 2.75) is 130 Å². The van der Waals surface area contributed by atoms with E-state index in [0.29, 0.717) is 0 Å². The average molecular weight is 418 g/mol. The van der Waals surface area contributed by atoms with Crippen LogP contribution in [0.4, 0.5) is 0 Å². The highest BCUT2D eigenvalue weighted by molar-refractivity contribution is 4.92. The van der Waals surface area contributed by atoms with Crippen molar-refractivity contribution in [1.82, 2.24) is 14.5 Å². The van der Waals surface area contributed by atoms with Gasteiger partial charge in [0.25, 0.3) is 0 Å². The Morgan fingerprint density at radius 2 is 1.37 bits per heavy atom. The summed E-state index contributed by atoms with van der Waals surface area (Å²) in [5.74, 6) is 2.24. The van der Waals surface area contributed by atoms with Crippen molar-refractivity contribution in [2.24, 2.45) is 5.92 Å². The standard InChI is InChI=1S/C27H51N3/c1-3-5-7-9-10-11-12-13-14-16-27-28-20-25-30(27)24-19-26-17-22-29(23-18-26)21-15-8-6-4-2/h20,25-26H,3-19,21-24H2,1-2H3. The van der Waals surface area contributed by atoms with E-state index in [4.69, 9.17) is 0 Å². The second kappa shape index (κ2) is 16.8. The number of unbranched alkanes of at least 4 members (excludes halogenated alkanes) is 11. The van der Waals surface area contributed by atoms with E-state index in [1.807, 2.05) is 6.20 Å². The average Bonchev–Trinajstić information content (AvgIpc) is 3.22. The van der Waals surface area contributed by atoms with Crippen molar-refractivity contribution in [3.8, 4) is 0 Å². The highest BCUT2D eigenvalue weighted by atomic mass is 15.1. The molecule has 1 aliphatic heterocycles. The largest absolute Gasteiger partial charge is 0.335 e. The van der Waals surface area contributed by atoms with Crippen LogP contribution in [0.25, 0.3) is 0 Å². The van der Waals surface area contributed by atoms with Gasteiger partial charge in [-0.05, 0) is 57.7 Å². The van der Waals surface area contributed by atoms with Gasteiger partial charge in [-0.15, -0.1) is 0 Å². The molecule has 3 heteroatoms. The fourth-order valence-electron chi connectivity index (χ4n) is 4.95. The predicted molar refractivity (Wildman–Crippen MR) is 131 cm³/mol. The van der Waals surface area contributed by atoms with Crippen LogP contribution in [0.3, 0.4) is 0 Å². The second-order valence-electron chi connectivity index (χ2n) is 9.75. The van der Waals surface area contributed by atoms with Crippen LogP contribution in [0.1, 0.15) is 122 Å². The van der Waals surface area contributed by atoms with Gasteiger partial charge >= 0.3 is 0 Å². The molecule has 174 valence electrons. The molecule has 0 radical (unpaired) electrons. The Kier molecular flexibility index (Phi) is 14.3. The molecule has 0 spiro atoms. The third kappa shape index (κ3) is 11.0. The summed E-state index contributed by atoms with van der Waals surface area (Å²) < 4.78 is 2.45. The molecule has 0 amide bonds. The Balaban J connectivity index is 1.52. The van der Waals surface area contributed by atoms with Gasteiger partial charge < -0.3 is 9.47 Å². The molecule has 2 rings (SSSR count). The van der Waals surface area contributed by atoms with Gasteiger partial charge in [-0.3, -0.25) is 0 Å². The lowest BCUT2D eigenvalue weighted by Gasteiger charge is -2.32. The molecule has 1 saturated heterocycles. The maximum Gasteiger partial charge on any atom is 0.108 e. The summed E-state index contributed by atoms with van der Waals surface area (Å²) in [5, 5.41) is 0. The van der Waals surface area contributed by atoms with Gasteiger partial charge in [0.15, 0.2) is 0 Å². The molecule has 0 saturated carbocycles. The number of aromatic nitrogens is 2. The number of nitrogens with zero attached hydrogens (tertiary/aromatic N) is 3. The van der Waals surface area contributed by atoms with Crippen molar-refractivity contribution in [2.75, 3.05) is 19.6 Å². The first-order valence-electron chi connectivity index (χ1n) is 13.6. The number of hydrogen-bond donors (Lipinski definition) is 0. The van der Waals surface area contributed by atoms with E-state index in [1.54, 1.807) is 0 Å². The van der Waals surface area contributed by atoms with Gasteiger partial charge in [-0.25, -0.2) is 4.98 Å². The van der Waals surface area contributed by atoms with Crippen LogP contribution < -0.4 is 0 Å². The van der Waals surface area contributed by atoms with Crippen molar-refractivity contribution in [3.05, 3.63) is 18.2 Å². The molecule has 0 aromatic carbocycles. The molecule has 3 nitrogen and oxygen atoms in total. The lowest BCUT2D eigenvalue weighted by atomic mass is 9.93. The lowest BCUT2D eigenvalue weighted by Crippen LogP contribution is -2.34. The van der Waals surface area contributed by atoms with Crippen molar-refractivity contribution in [1.29, 1.82) is 0 Å². The van der Waals surface area contributed by atoms with E-state index >= 15 is 0 Å². The number of imidazole rings is 1. The number of aryl methyl sites for hydroxylation is 2. The molecule has 1 aliphatic rings. The van der Waals surface area contributed by atoms with E-state index in [1.165, 1.54) is 141 Å². The number of piperidine rings is 1. The Bertz CT molecular complexity index is 502. The fraction of sp³-hybridized carbons (Fsp3) is 0.889. The number of hydrogen-bond acceptors (Lipinski definition) is 2. The SMILES string of the molecule is CCCCCCCCCCCc1nccn1CCC1CCN(CCCCCC)CC1. The van der Waals surface area contributed by atoms with E-state index in [2.05, 4.69) is 34.5 Å². The van der Waals surface area contributed by atoms with Crippen LogP contribution in [0.5, 0.6) is 0 Å². The first-order chi connectivity index (χ1) is 14.8. The summed E-state index contributed by atoms with van der Waals surface area (Å²) >= 11 is 0. The van der Waals surface area contributed by atoms with Crippen LogP contribution >= 0.6 is 0 Å². The molecule has 0 unspecified atom stereocenters.